The highest BCUT2D eigenvalue weighted by molar-refractivity contribution is 5.31. The van der Waals surface area contributed by atoms with E-state index in [1.54, 1.807) is 0 Å². The third-order valence-corrected chi connectivity index (χ3v) is 4.19. The Labute approximate surface area is 163 Å². The summed E-state index contributed by atoms with van der Waals surface area (Å²) >= 11 is 0. The molecule has 0 aliphatic heterocycles. The fourth-order valence-electron chi connectivity index (χ4n) is 2.03. The van der Waals surface area contributed by atoms with E-state index in [-0.39, 0.29) is 16.9 Å². The Hall–Kier alpha value is -2.46. The predicted octanol–water partition coefficient (Wildman–Crippen LogP) is 4.63. The van der Waals surface area contributed by atoms with Crippen molar-refractivity contribution in [1.29, 1.82) is 0 Å². The van der Waals surface area contributed by atoms with Gasteiger partial charge < -0.3 is 20.1 Å². The molecule has 2 aromatic carbocycles. The van der Waals surface area contributed by atoms with Gasteiger partial charge in [0.25, 0.3) is 0 Å². The number of phenols is 1. The molecule has 0 heterocycles. The zero-order valence-electron chi connectivity index (χ0n) is 15.6. The lowest BCUT2D eigenvalue weighted by molar-refractivity contribution is -0.259. The summed E-state index contributed by atoms with van der Waals surface area (Å²) in [5, 5.41) is 27.4. The molecule has 0 amide bonds. The Morgan fingerprint density at radius 1 is 0.655 bits per heavy atom. The number of ether oxygens (including phenoxy) is 1. The van der Waals surface area contributed by atoms with Gasteiger partial charge in [-0.15, -0.1) is 0 Å². The van der Waals surface area contributed by atoms with Crippen molar-refractivity contribution in [2.24, 2.45) is 0 Å². The summed E-state index contributed by atoms with van der Waals surface area (Å²) in [6, 6.07) is 9.36. The first-order chi connectivity index (χ1) is 13.0. The summed E-state index contributed by atoms with van der Waals surface area (Å²) in [6.45, 7) is 1.38. The van der Waals surface area contributed by atoms with E-state index >= 15 is 0 Å². The molecular formula is C19H20F6O4. The Kier molecular flexibility index (Phi) is 7.20. The molecule has 0 saturated heterocycles. The molecule has 2 aromatic rings. The third kappa shape index (κ3) is 5.77. The van der Waals surface area contributed by atoms with Crippen LogP contribution >= 0.6 is 0 Å². The average Bonchev–Trinajstić information content (AvgIpc) is 2.61. The van der Waals surface area contributed by atoms with Crippen molar-refractivity contribution >= 4 is 0 Å². The summed E-state index contributed by atoms with van der Waals surface area (Å²) in [5.41, 5.74) is -6.24. The number of methoxy groups -OCH3 is 1. The van der Waals surface area contributed by atoms with Crippen molar-refractivity contribution in [3.05, 3.63) is 59.7 Å². The highest BCUT2D eigenvalue weighted by Gasteiger charge is 2.51. The lowest BCUT2D eigenvalue weighted by Crippen LogP contribution is -2.39. The zero-order valence-corrected chi connectivity index (χ0v) is 15.6. The van der Waals surface area contributed by atoms with Crippen molar-refractivity contribution in [1.82, 2.24) is 0 Å². The third-order valence-electron chi connectivity index (χ3n) is 4.19. The maximum absolute atomic E-state index is 12.4. The maximum Gasteiger partial charge on any atom is 0.421 e. The number of benzene rings is 2. The molecule has 0 spiro atoms. The van der Waals surface area contributed by atoms with E-state index in [1.165, 1.54) is 31.4 Å². The first kappa shape index (κ1) is 24.6. The second-order valence-corrected chi connectivity index (χ2v) is 6.42. The number of aliphatic hydroxyl groups is 2. The van der Waals surface area contributed by atoms with E-state index in [1.807, 2.05) is 0 Å². The normalized spacial score (nSPS) is 16.1. The SMILES string of the molecule is CC(O)(c1ccc(O)cc1)C(F)(F)F.COc1ccc(C(C)(O)C(F)(F)F)cc1. The van der Waals surface area contributed by atoms with Gasteiger partial charge in [-0.1, -0.05) is 24.3 Å². The molecule has 3 N–H and O–H groups in total. The number of hydrogen-bond acceptors (Lipinski definition) is 4. The summed E-state index contributed by atoms with van der Waals surface area (Å²) in [6.07, 6.45) is -9.43. The Morgan fingerprint density at radius 3 is 1.24 bits per heavy atom. The largest absolute Gasteiger partial charge is 0.508 e. The number of aromatic hydroxyl groups is 1. The van der Waals surface area contributed by atoms with Gasteiger partial charge in [-0.3, -0.25) is 0 Å². The van der Waals surface area contributed by atoms with E-state index < -0.39 is 23.6 Å². The minimum absolute atomic E-state index is 0.147. The second kappa shape index (κ2) is 8.50. The molecule has 10 heteroatoms. The van der Waals surface area contributed by atoms with Crippen LogP contribution in [0.1, 0.15) is 25.0 Å². The molecule has 162 valence electrons. The van der Waals surface area contributed by atoms with Crippen LogP contribution in [-0.4, -0.2) is 34.8 Å². The van der Waals surface area contributed by atoms with E-state index in [9.17, 15) is 36.6 Å². The first-order valence-corrected chi connectivity index (χ1v) is 8.06. The Morgan fingerprint density at radius 2 is 0.966 bits per heavy atom. The standard InChI is InChI=1S/C10H11F3O2.C9H9F3O2/c1-9(14,10(11,12)13)7-3-5-8(15-2)6-4-7;1-8(14,9(10,11)12)6-2-4-7(13)5-3-6/h3-6,14H,1-2H3;2-5,13-14H,1H3. The molecule has 29 heavy (non-hydrogen) atoms. The van der Waals surface area contributed by atoms with Gasteiger partial charge in [-0.05, 0) is 49.2 Å². The van der Waals surface area contributed by atoms with Crippen LogP contribution in [0.4, 0.5) is 26.3 Å². The van der Waals surface area contributed by atoms with Crippen molar-refractivity contribution < 1.29 is 46.4 Å². The molecule has 2 atom stereocenters. The molecule has 0 radical (unpaired) electrons. The molecule has 4 nitrogen and oxygen atoms in total. The smallest absolute Gasteiger partial charge is 0.421 e. The number of phenolic OH excluding ortho intramolecular Hbond substituents is 1. The second-order valence-electron chi connectivity index (χ2n) is 6.42. The van der Waals surface area contributed by atoms with Gasteiger partial charge in [0.05, 0.1) is 7.11 Å². The molecule has 2 rings (SSSR count). The van der Waals surface area contributed by atoms with Crippen LogP contribution in [-0.2, 0) is 11.2 Å². The number of rotatable bonds is 3. The van der Waals surface area contributed by atoms with Crippen LogP contribution in [0.2, 0.25) is 0 Å². The molecular weight excluding hydrogens is 406 g/mol. The monoisotopic (exact) mass is 426 g/mol. The van der Waals surface area contributed by atoms with Gasteiger partial charge in [0, 0.05) is 0 Å². The molecule has 0 aliphatic rings. The summed E-state index contributed by atoms with van der Waals surface area (Å²) in [4.78, 5) is 0. The van der Waals surface area contributed by atoms with Crippen molar-refractivity contribution in [2.45, 2.75) is 37.4 Å². The van der Waals surface area contributed by atoms with Crippen LogP contribution in [0.3, 0.4) is 0 Å². The molecule has 0 bridgehead atoms. The van der Waals surface area contributed by atoms with Crippen LogP contribution < -0.4 is 4.74 Å². The fraction of sp³-hybridized carbons (Fsp3) is 0.368. The summed E-state index contributed by atoms with van der Waals surface area (Å²) in [5.74, 6) is 0.295. The number of halogens is 6. The number of alkyl halides is 6. The van der Waals surface area contributed by atoms with Gasteiger partial charge in [0.2, 0.25) is 0 Å². The number of hydrogen-bond donors (Lipinski definition) is 3. The quantitative estimate of drug-likeness (QED) is 0.627. The highest BCUT2D eigenvalue weighted by atomic mass is 19.4. The van der Waals surface area contributed by atoms with E-state index in [2.05, 4.69) is 0 Å². The molecule has 2 unspecified atom stereocenters. The van der Waals surface area contributed by atoms with Gasteiger partial charge in [-0.25, -0.2) is 0 Å². The van der Waals surface area contributed by atoms with E-state index in [4.69, 9.17) is 9.84 Å². The van der Waals surface area contributed by atoms with Gasteiger partial charge in [0.15, 0.2) is 11.2 Å². The molecule has 0 fully saturated rings. The lowest BCUT2D eigenvalue weighted by atomic mass is 9.95. The van der Waals surface area contributed by atoms with E-state index in [0.717, 1.165) is 31.2 Å². The maximum atomic E-state index is 12.4. The van der Waals surface area contributed by atoms with Crippen LogP contribution in [0.5, 0.6) is 11.5 Å². The van der Waals surface area contributed by atoms with Crippen LogP contribution in [0.15, 0.2) is 48.5 Å². The minimum Gasteiger partial charge on any atom is -0.508 e. The van der Waals surface area contributed by atoms with Gasteiger partial charge in [-0.2, -0.15) is 26.3 Å². The van der Waals surface area contributed by atoms with Crippen molar-refractivity contribution in [2.75, 3.05) is 7.11 Å². The van der Waals surface area contributed by atoms with Crippen LogP contribution in [0, 0.1) is 0 Å². The average molecular weight is 426 g/mol. The topological polar surface area (TPSA) is 69.9 Å². The highest BCUT2D eigenvalue weighted by Crippen LogP contribution is 2.39. The Bertz CT molecular complexity index is 778. The lowest BCUT2D eigenvalue weighted by Gasteiger charge is -2.26. The van der Waals surface area contributed by atoms with Gasteiger partial charge in [0.1, 0.15) is 11.5 Å². The fourth-order valence-corrected chi connectivity index (χ4v) is 2.03. The van der Waals surface area contributed by atoms with Crippen molar-refractivity contribution in [3.8, 4) is 11.5 Å². The zero-order chi connectivity index (χ0) is 22.7. The van der Waals surface area contributed by atoms with E-state index in [0.29, 0.717) is 12.7 Å². The van der Waals surface area contributed by atoms with Gasteiger partial charge >= 0.3 is 12.4 Å². The molecule has 0 aliphatic carbocycles. The van der Waals surface area contributed by atoms with Crippen LogP contribution in [0.25, 0.3) is 0 Å². The predicted molar refractivity (Wildman–Crippen MR) is 92.4 cm³/mol. The summed E-state index contributed by atoms with van der Waals surface area (Å²) in [7, 11) is 1.41. The molecule has 0 aromatic heterocycles. The molecule has 0 saturated carbocycles. The first-order valence-electron chi connectivity index (χ1n) is 8.06. The van der Waals surface area contributed by atoms with Crippen molar-refractivity contribution in [3.63, 3.8) is 0 Å². The Balaban J connectivity index is 0.000000291. The summed E-state index contributed by atoms with van der Waals surface area (Å²) < 4.78 is 79.0. The minimum atomic E-state index is -4.73.